The van der Waals surface area contributed by atoms with Crippen LogP contribution >= 0.6 is 8.60 Å². The minimum atomic E-state index is -2.04. The molecular formula is C40H60FN6O5P. The van der Waals surface area contributed by atoms with Gasteiger partial charge in [0, 0.05) is 7.11 Å². The molecule has 11 nitrogen and oxygen atoms in total. The second-order valence-corrected chi connectivity index (χ2v) is 14.8. The van der Waals surface area contributed by atoms with Crippen LogP contribution in [0.1, 0.15) is 152 Å². The Hall–Kier alpha value is -3.22. The van der Waals surface area contributed by atoms with Crippen molar-refractivity contribution in [2.45, 2.75) is 147 Å². The lowest BCUT2D eigenvalue weighted by molar-refractivity contribution is -0.0358. The topological polar surface area (TPSA) is 161 Å². The molecule has 0 amide bonds. The number of benzene rings is 1. The van der Waals surface area contributed by atoms with Crippen molar-refractivity contribution in [2.24, 2.45) is 0 Å². The number of nitrogens with two attached hydrogens (primary N) is 1. The lowest BCUT2D eigenvalue weighted by Gasteiger charge is -2.22. The summed E-state index contributed by atoms with van der Waals surface area (Å²) in [5.74, 6) is -0.0112. The van der Waals surface area contributed by atoms with Gasteiger partial charge in [0.25, 0.3) is 0 Å². The molecule has 3 N–H and O–H groups in total. The van der Waals surface area contributed by atoms with Crippen molar-refractivity contribution in [2.75, 3.05) is 26.1 Å². The zero-order chi connectivity index (χ0) is 38.2. The monoisotopic (exact) mass is 754 g/mol. The Morgan fingerprint density at radius 3 is 2.15 bits per heavy atom. The van der Waals surface area contributed by atoms with Crippen LogP contribution in [0.5, 0.6) is 0 Å². The lowest BCUT2D eigenvalue weighted by atomic mass is 10.0. The van der Waals surface area contributed by atoms with E-state index < -0.39 is 20.0 Å². The van der Waals surface area contributed by atoms with Crippen LogP contribution in [0.25, 0.3) is 5.52 Å². The van der Waals surface area contributed by atoms with Crippen molar-refractivity contribution in [3.05, 3.63) is 59.3 Å². The summed E-state index contributed by atoms with van der Waals surface area (Å²) in [4.78, 5) is 14.2. The molecule has 1 aliphatic heterocycles. The Morgan fingerprint density at radius 2 is 1.57 bits per heavy atom. The fourth-order valence-corrected chi connectivity index (χ4v) is 7.21. The molecule has 53 heavy (non-hydrogen) atoms. The molecule has 3 atom stereocenters. The minimum Gasteiger partial charge on any atom is -0.382 e. The number of halogens is 1. The molecule has 0 aliphatic carbocycles. The van der Waals surface area contributed by atoms with E-state index in [1.807, 2.05) is 18.2 Å². The van der Waals surface area contributed by atoms with Crippen molar-refractivity contribution in [1.29, 1.82) is 10.5 Å². The fourth-order valence-electron chi connectivity index (χ4n) is 6.53. The quantitative estimate of drug-likeness (QED) is 0.0629. The maximum atomic E-state index is 12.7. The van der Waals surface area contributed by atoms with Crippen LogP contribution in [0.15, 0.2) is 36.7 Å². The van der Waals surface area contributed by atoms with Crippen LogP contribution in [0.2, 0.25) is 0 Å². The SMILES string of the molecule is CCCCCCCCCCCCCCCCCCCOP(O)OCC1(C#N)CCC(c2ccc3c(N)ncnn23)O1.COCc1cc(F)cc(C#N)c1. The first kappa shape index (κ1) is 44.2. The molecule has 0 spiro atoms. The van der Waals surface area contributed by atoms with Gasteiger partial charge < -0.3 is 29.1 Å². The molecule has 13 heteroatoms. The molecule has 1 aromatic carbocycles. The summed E-state index contributed by atoms with van der Waals surface area (Å²) in [5, 5.41) is 22.6. The van der Waals surface area contributed by atoms with Gasteiger partial charge in [0.1, 0.15) is 29.8 Å². The highest BCUT2D eigenvalue weighted by atomic mass is 31.2. The summed E-state index contributed by atoms with van der Waals surface area (Å²) >= 11 is 0. The maximum Gasteiger partial charge on any atom is 0.329 e. The molecule has 1 fully saturated rings. The summed E-state index contributed by atoms with van der Waals surface area (Å²) < 4.78 is 36.4. The van der Waals surface area contributed by atoms with Gasteiger partial charge >= 0.3 is 8.60 Å². The van der Waals surface area contributed by atoms with Crippen molar-refractivity contribution in [1.82, 2.24) is 14.6 Å². The molecule has 292 valence electrons. The standard InChI is InChI=1S/C31H52N5O4P.C9H8FNO/c1-2-3-4-5-6-7-8-9-10-11-12-13-14-15-16-17-18-23-38-41(37)39-25-31(24-32)22-21-29(40-31)27-19-20-28-30(33)34-26-35-36(27)28;1-12-6-8-2-7(5-11)3-9(10)4-8/h19-20,26,29,37H,2-18,21-23,25H2,1H3,(H2,33,34,35);2-4H,6H2,1H3. The molecular weight excluding hydrogens is 694 g/mol. The average Bonchev–Trinajstić information content (AvgIpc) is 3.79. The van der Waals surface area contributed by atoms with E-state index >= 15 is 0 Å². The van der Waals surface area contributed by atoms with Gasteiger partial charge in [-0.3, -0.25) is 0 Å². The summed E-state index contributed by atoms with van der Waals surface area (Å²) in [6, 6.07) is 12.0. The molecule has 3 unspecified atom stereocenters. The second kappa shape index (κ2) is 25.7. The smallest absolute Gasteiger partial charge is 0.329 e. The number of nitrogens with zero attached hydrogens (tertiary/aromatic N) is 5. The molecule has 0 saturated carbocycles. The first-order chi connectivity index (χ1) is 25.8. The van der Waals surface area contributed by atoms with E-state index in [1.165, 1.54) is 122 Å². The molecule has 3 heterocycles. The van der Waals surface area contributed by atoms with Gasteiger partial charge in [0.2, 0.25) is 0 Å². The van der Waals surface area contributed by atoms with Gasteiger partial charge in [-0.2, -0.15) is 15.6 Å². The molecule has 0 bridgehead atoms. The Labute approximate surface area is 317 Å². The number of nitrogen functional groups attached to an aromatic ring is 1. The predicted molar refractivity (Wildman–Crippen MR) is 206 cm³/mol. The van der Waals surface area contributed by atoms with E-state index in [0.29, 0.717) is 48.5 Å². The summed E-state index contributed by atoms with van der Waals surface area (Å²) in [6.07, 6.45) is 24.7. The molecule has 1 aliphatic rings. The maximum absolute atomic E-state index is 12.7. The normalized spacial score (nSPS) is 17.3. The van der Waals surface area contributed by atoms with E-state index in [-0.39, 0.29) is 12.7 Å². The van der Waals surface area contributed by atoms with Crippen molar-refractivity contribution in [3.63, 3.8) is 0 Å². The van der Waals surface area contributed by atoms with Gasteiger partial charge in [-0.1, -0.05) is 110 Å². The van der Waals surface area contributed by atoms with Crippen LogP contribution in [-0.2, 0) is 25.1 Å². The summed E-state index contributed by atoms with van der Waals surface area (Å²) in [6.45, 7) is 3.02. The number of rotatable bonds is 25. The van der Waals surface area contributed by atoms with Crippen molar-refractivity contribution >= 4 is 19.9 Å². The number of fused-ring (bicyclic) bond motifs is 1. The molecule has 4 rings (SSSR count). The zero-order valence-electron chi connectivity index (χ0n) is 31.8. The third kappa shape index (κ3) is 16.4. The molecule has 0 radical (unpaired) electrons. The third-order valence-corrected chi connectivity index (χ3v) is 10.2. The number of methoxy groups -OCH3 is 1. The van der Waals surface area contributed by atoms with E-state index in [2.05, 4.69) is 23.1 Å². The first-order valence-electron chi connectivity index (χ1n) is 19.4. The van der Waals surface area contributed by atoms with E-state index in [4.69, 9.17) is 29.5 Å². The van der Waals surface area contributed by atoms with E-state index in [1.54, 1.807) is 10.6 Å². The van der Waals surface area contributed by atoms with E-state index in [0.717, 1.165) is 18.5 Å². The number of hydrogen-bond donors (Lipinski definition) is 2. The highest BCUT2D eigenvalue weighted by molar-refractivity contribution is 7.40. The number of nitriles is 2. The number of anilines is 1. The van der Waals surface area contributed by atoms with Gasteiger partial charge in [-0.15, -0.1) is 0 Å². The van der Waals surface area contributed by atoms with Crippen LogP contribution in [0, 0.1) is 28.5 Å². The largest absolute Gasteiger partial charge is 0.382 e. The molecule has 2 aromatic heterocycles. The number of ether oxygens (including phenoxy) is 2. The lowest BCUT2D eigenvalue weighted by Crippen LogP contribution is -2.31. The highest BCUT2D eigenvalue weighted by Crippen LogP contribution is 2.43. The zero-order valence-corrected chi connectivity index (χ0v) is 32.7. The first-order valence-corrected chi connectivity index (χ1v) is 20.6. The van der Waals surface area contributed by atoms with Gasteiger partial charge in [-0.25, -0.2) is 13.9 Å². The van der Waals surface area contributed by atoms with E-state index in [9.17, 15) is 14.5 Å². The van der Waals surface area contributed by atoms with Gasteiger partial charge in [0.05, 0.1) is 37.1 Å². The Balaban J connectivity index is 0.000000533. The van der Waals surface area contributed by atoms with Crippen molar-refractivity contribution in [3.8, 4) is 12.1 Å². The van der Waals surface area contributed by atoms with Gasteiger partial charge in [0.15, 0.2) is 11.4 Å². The highest BCUT2D eigenvalue weighted by Gasteiger charge is 2.43. The Bertz CT molecular complexity index is 1550. The van der Waals surface area contributed by atoms with Gasteiger partial charge in [-0.05, 0) is 55.2 Å². The van der Waals surface area contributed by atoms with Crippen molar-refractivity contribution < 1.29 is 27.8 Å². The molecule has 3 aromatic rings. The number of unbranched alkanes of at least 4 members (excludes halogenated alkanes) is 16. The number of aromatic nitrogens is 3. The van der Waals surface area contributed by atoms with Crippen LogP contribution < -0.4 is 5.73 Å². The minimum absolute atomic E-state index is 0.0400. The third-order valence-electron chi connectivity index (χ3n) is 9.48. The Kier molecular flexibility index (Phi) is 21.5. The average molecular weight is 755 g/mol. The van der Waals surface area contributed by atoms with Crippen LogP contribution in [0.4, 0.5) is 10.2 Å². The van der Waals surface area contributed by atoms with Crippen LogP contribution in [-0.4, -0.2) is 45.4 Å². The number of hydrogen-bond acceptors (Lipinski definition) is 10. The predicted octanol–water partition coefficient (Wildman–Crippen LogP) is 10.2. The van der Waals surface area contributed by atoms with Crippen LogP contribution in [0.3, 0.4) is 0 Å². The molecule has 1 saturated heterocycles. The second-order valence-electron chi connectivity index (χ2n) is 13.8. The fraction of sp³-hybridized carbons (Fsp3) is 0.650. The Morgan fingerprint density at radius 1 is 0.943 bits per heavy atom. The summed E-state index contributed by atoms with van der Waals surface area (Å²) in [5.41, 5.74) is 7.31. The summed E-state index contributed by atoms with van der Waals surface area (Å²) in [7, 11) is -0.519.